The zero-order valence-corrected chi connectivity index (χ0v) is 11.8. The van der Waals surface area contributed by atoms with Crippen molar-refractivity contribution in [2.45, 2.75) is 6.54 Å². The van der Waals surface area contributed by atoms with Gasteiger partial charge in [0.25, 0.3) is 5.91 Å². The second-order valence-electron chi connectivity index (χ2n) is 4.18. The van der Waals surface area contributed by atoms with Gasteiger partial charge in [0.1, 0.15) is 0 Å². The largest absolute Gasteiger partial charge is 0.452 e. The van der Waals surface area contributed by atoms with Crippen molar-refractivity contribution >= 4 is 23.5 Å². The van der Waals surface area contributed by atoms with Gasteiger partial charge in [-0.25, -0.2) is 4.79 Å². The third-order valence-corrected chi connectivity index (χ3v) is 3.05. The van der Waals surface area contributed by atoms with Crippen LogP contribution in [0.5, 0.6) is 0 Å². The van der Waals surface area contributed by atoms with Crippen LogP contribution in [0.1, 0.15) is 15.9 Å². The van der Waals surface area contributed by atoms with Crippen molar-refractivity contribution in [3.05, 3.63) is 64.9 Å². The fraction of sp³-hybridized carbons (Fsp3) is 0.133. The lowest BCUT2D eigenvalue weighted by Crippen LogP contribution is -2.28. The monoisotopic (exact) mass is 304 g/mol. The molecule has 2 aromatic rings. The first-order valence-corrected chi connectivity index (χ1v) is 6.62. The summed E-state index contributed by atoms with van der Waals surface area (Å²) in [6.07, 6.45) is 2.96. The quantitative estimate of drug-likeness (QED) is 0.860. The van der Waals surface area contributed by atoms with E-state index < -0.39 is 11.9 Å². The Labute approximate surface area is 126 Å². The van der Waals surface area contributed by atoms with E-state index >= 15 is 0 Å². The molecule has 0 atom stereocenters. The summed E-state index contributed by atoms with van der Waals surface area (Å²) in [5.41, 5.74) is 1.15. The number of hydrogen-bond donors (Lipinski definition) is 1. The zero-order valence-electron chi connectivity index (χ0n) is 11.1. The first-order chi connectivity index (χ1) is 10.2. The van der Waals surface area contributed by atoms with Crippen molar-refractivity contribution in [3.8, 4) is 0 Å². The predicted octanol–water partition coefficient (Wildman–Crippen LogP) is 2.21. The molecule has 1 aromatic heterocycles. The molecule has 0 aliphatic carbocycles. The predicted molar refractivity (Wildman–Crippen MR) is 77.8 cm³/mol. The number of rotatable bonds is 5. The number of amides is 1. The lowest BCUT2D eigenvalue weighted by Gasteiger charge is -2.07. The average Bonchev–Trinajstić information content (AvgIpc) is 2.52. The maximum atomic E-state index is 11.6. The molecule has 108 valence electrons. The van der Waals surface area contributed by atoms with Crippen LogP contribution in [-0.4, -0.2) is 23.5 Å². The van der Waals surface area contributed by atoms with Crippen LogP contribution in [0.25, 0.3) is 0 Å². The van der Waals surface area contributed by atoms with Crippen LogP contribution >= 0.6 is 11.6 Å². The Hall–Kier alpha value is -2.40. The average molecular weight is 305 g/mol. The number of carbonyl (C=O) groups is 2. The maximum absolute atomic E-state index is 11.6. The Morgan fingerprint density at radius 1 is 1.14 bits per heavy atom. The molecule has 0 aliphatic heterocycles. The van der Waals surface area contributed by atoms with Crippen molar-refractivity contribution in [2.24, 2.45) is 0 Å². The molecule has 1 N–H and O–H groups in total. The number of aromatic nitrogens is 1. The molecule has 2 rings (SSSR count). The van der Waals surface area contributed by atoms with Gasteiger partial charge in [0.2, 0.25) is 0 Å². The first kappa shape index (κ1) is 15.0. The highest BCUT2D eigenvalue weighted by molar-refractivity contribution is 6.31. The van der Waals surface area contributed by atoms with Gasteiger partial charge in [0.15, 0.2) is 6.61 Å². The van der Waals surface area contributed by atoms with Crippen molar-refractivity contribution in [2.75, 3.05) is 6.61 Å². The van der Waals surface area contributed by atoms with Gasteiger partial charge in [-0.3, -0.25) is 9.78 Å². The Balaban J connectivity index is 1.78. The van der Waals surface area contributed by atoms with Gasteiger partial charge in [-0.1, -0.05) is 29.8 Å². The lowest BCUT2D eigenvalue weighted by molar-refractivity contribution is -0.124. The molecular weight excluding hydrogens is 292 g/mol. The highest BCUT2D eigenvalue weighted by Crippen LogP contribution is 2.14. The van der Waals surface area contributed by atoms with E-state index in [1.54, 1.807) is 6.07 Å². The topological polar surface area (TPSA) is 68.3 Å². The van der Waals surface area contributed by atoms with Crippen LogP contribution in [0.4, 0.5) is 0 Å². The standard InChI is InChI=1S/C15H13ClN2O3/c16-13-4-2-1-3-12(13)9-18-14(19)10-21-15(20)11-5-7-17-8-6-11/h1-8H,9-10H2,(H,18,19). The van der Waals surface area contributed by atoms with Crippen LogP contribution in [0, 0.1) is 0 Å². The molecule has 0 aliphatic rings. The van der Waals surface area contributed by atoms with Gasteiger partial charge >= 0.3 is 5.97 Å². The molecule has 0 spiro atoms. The number of nitrogens with zero attached hydrogens (tertiary/aromatic N) is 1. The van der Waals surface area contributed by atoms with Gasteiger partial charge in [0, 0.05) is 24.0 Å². The van der Waals surface area contributed by atoms with E-state index in [1.165, 1.54) is 24.5 Å². The minimum atomic E-state index is -0.565. The number of halogens is 1. The lowest BCUT2D eigenvalue weighted by atomic mass is 10.2. The van der Waals surface area contributed by atoms with Crippen LogP contribution in [0.2, 0.25) is 5.02 Å². The smallest absolute Gasteiger partial charge is 0.338 e. The Bertz CT molecular complexity index is 632. The third kappa shape index (κ3) is 4.57. The van der Waals surface area contributed by atoms with E-state index in [0.717, 1.165) is 5.56 Å². The summed E-state index contributed by atoms with van der Waals surface area (Å²) in [5.74, 6) is -0.956. The van der Waals surface area contributed by atoms with E-state index in [9.17, 15) is 9.59 Å². The minimum absolute atomic E-state index is 0.283. The number of benzene rings is 1. The fourth-order valence-electron chi connectivity index (χ4n) is 1.59. The minimum Gasteiger partial charge on any atom is -0.452 e. The van der Waals surface area contributed by atoms with Gasteiger partial charge in [-0.15, -0.1) is 0 Å². The van der Waals surface area contributed by atoms with Crippen LogP contribution in [-0.2, 0) is 16.1 Å². The van der Waals surface area contributed by atoms with Gasteiger partial charge in [0.05, 0.1) is 5.56 Å². The Morgan fingerprint density at radius 2 is 1.86 bits per heavy atom. The summed E-state index contributed by atoms with van der Waals surface area (Å²) < 4.78 is 4.90. The zero-order chi connectivity index (χ0) is 15.1. The summed E-state index contributed by atoms with van der Waals surface area (Å²) >= 11 is 5.97. The number of ether oxygens (including phenoxy) is 1. The van der Waals surface area contributed by atoms with E-state index in [4.69, 9.17) is 16.3 Å². The first-order valence-electron chi connectivity index (χ1n) is 6.24. The van der Waals surface area contributed by atoms with Crippen molar-refractivity contribution < 1.29 is 14.3 Å². The second-order valence-corrected chi connectivity index (χ2v) is 4.59. The molecule has 0 saturated carbocycles. The number of nitrogens with one attached hydrogen (secondary N) is 1. The summed E-state index contributed by atoms with van der Waals surface area (Å²) in [5, 5.41) is 3.21. The highest BCUT2D eigenvalue weighted by atomic mass is 35.5. The SMILES string of the molecule is O=C(COC(=O)c1ccncc1)NCc1ccccc1Cl. The maximum Gasteiger partial charge on any atom is 0.338 e. The number of hydrogen-bond acceptors (Lipinski definition) is 4. The van der Waals surface area contributed by atoms with Gasteiger partial charge in [-0.2, -0.15) is 0 Å². The molecule has 0 bridgehead atoms. The summed E-state index contributed by atoms with van der Waals surface area (Å²) in [4.78, 5) is 27.0. The summed E-state index contributed by atoms with van der Waals surface area (Å²) in [6, 6.07) is 10.2. The van der Waals surface area contributed by atoms with E-state index in [1.807, 2.05) is 18.2 Å². The van der Waals surface area contributed by atoms with Gasteiger partial charge < -0.3 is 10.1 Å². The van der Waals surface area contributed by atoms with Gasteiger partial charge in [-0.05, 0) is 23.8 Å². The molecule has 0 unspecified atom stereocenters. The number of pyridine rings is 1. The Kier molecular flexibility index (Phi) is 5.29. The number of carbonyl (C=O) groups excluding carboxylic acids is 2. The van der Waals surface area contributed by atoms with Crippen molar-refractivity contribution in [1.82, 2.24) is 10.3 Å². The molecule has 0 fully saturated rings. The normalized spacial score (nSPS) is 9.95. The summed E-state index contributed by atoms with van der Waals surface area (Å²) in [7, 11) is 0. The molecule has 0 saturated heterocycles. The molecule has 0 radical (unpaired) electrons. The fourth-order valence-corrected chi connectivity index (χ4v) is 1.79. The Morgan fingerprint density at radius 3 is 2.57 bits per heavy atom. The molecule has 1 heterocycles. The van der Waals surface area contributed by atoms with Crippen LogP contribution < -0.4 is 5.32 Å². The van der Waals surface area contributed by atoms with E-state index in [-0.39, 0.29) is 13.2 Å². The van der Waals surface area contributed by atoms with Crippen LogP contribution in [0.15, 0.2) is 48.8 Å². The molecule has 21 heavy (non-hydrogen) atoms. The van der Waals surface area contributed by atoms with Crippen molar-refractivity contribution in [3.63, 3.8) is 0 Å². The highest BCUT2D eigenvalue weighted by Gasteiger charge is 2.10. The van der Waals surface area contributed by atoms with Crippen molar-refractivity contribution in [1.29, 1.82) is 0 Å². The molecular formula is C15H13ClN2O3. The molecule has 5 nitrogen and oxygen atoms in total. The molecule has 6 heteroatoms. The summed E-state index contributed by atoms with van der Waals surface area (Å²) in [6.45, 7) is -0.0586. The second kappa shape index (κ2) is 7.40. The van der Waals surface area contributed by atoms with Crippen LogP contribution in [0.3, 0.4) is 0 Å². The number of esters is 1. The van der Waals surface area contributed by atoms with E-state index in [2.05, 4.69) is 10.3 Å². The molecule has 1 amide bonds. The van der Waals surface area contributed by atoms with E-state index in [0.29, 0.717) is 10.6 Å². The molecule has 1 aromatic carbocycles. The third-order valence-electron chi connectivity index (χ3n) is 2.68.